The molecule has 120 valence electrons. The summed E-state index contributed by atoms with van der Waals surface area (Å²) in [6, 6.07) is 0. The molecule has 1 unspecified atom stereocenters. The Morgan fingerprint density at radius 3 is 2.73 bits per heavy atom. The monoisotopic (exact) mass is 303 g/mol. The Morgan fingerprint density at radius 2 is 2.14 bits per heavy atom. The minimum Gasteiger partial charge on any atom is -0.385 e. The van der Waals surface area contributed by atoms with Gasteiger partial charge in [-0.15, -0.1) is 0 Å². The number of aryl methyl sites for hydroxylation is 2. The van der Waals surface area contributed by atoms with E-state index in [1.165, 1.54) is 5.56 Å². The maximum atomic E-state index is 10.5. The Kier molecular flexibility index (Phi) is 4.59. The minimum atomic E-state index is -0.454. The van der Waals surface area contributed by atoms with E-state index in [4.69, 9.17) is 0 Å². The van der Waals surface area contributed by atoms with E-state index in [2.05, 4.69) is 28.1 Å². The van der Waals surface area contributed by atoms with Crippen molar-refractivity contribution in [1.29, 1.82) is 0 Å². The second-order valence-corrected chi connectivity index (χ2v) is 6.16. The van der Waals surface area contributed by atoms with E-state index in [1.807, 2.05) is 28.7 Å². The molecule has 3 rings (SSSR count). The summed E-state index contributed by atoms with van der Waals surface area (Å²) in [5.74, 6) is 1.08. The van der Waals surface area contributed by atoms with Gasteiger partial charge in [-0.25, -0.2) is 4.98 Å². The summed E-state index contributed by atoms with van der Waals surface area (Å²) in [5.41, 5.74) is 1.27. The number of nitrogens with zero attached hydrogens (tertiary/aromatic N) is 5. The number of aliphatic hydroxyl groups is 1. The van der Waals surface area contributed by atoms with Crippen molar-refractivity contribution >= 4 is 0 Å². The van der Waals surface area contributed by atoms with Crippen molar-refractivity contribution in [3.8, 4) is 0 Å². The van der Waals surface area contributed by atoms with Gasteiger partial charge in [0.15, 0.2) is 0 Å². The van der Waals surface area contributed by atoms with E-state index in [0.717, 1.165) is 44.8 Å². The normalized spacial score (nSPS) is 18.7. The van der Waals surface area contributed by atoms with Gasteiger partial charge in [-0.3, -0.25) is 9.58 Å². The number of hydrogen-bond donors (Lipinski definition) is 1. The lowest BCUT2D eigenvalue weighted by atomic mass is 9.90. The molecule has 1 aliphatic rings. The van der Waals surface area contributed by atoms with E-state index in [9.17, 15) is 5.11 Å². The third-order valence-corrected chi connectivity index (χ3v) is 4.62. The third-order valence-electron chi connectivity index (χ3n) is 4.62. The molecule has 6 nitrogen and oxygen atoms in total. The number of aliphatic hydroxyl groups excluding tert-OH is 1. The van der Waals surface area contributed by atoms with Crippen LogP contribution >= 0.6 is 0 Å². The molecule has 2 aromatic rings. The van der Waals surface area contributed by atoms with Crippen LogP contribution in [0.4, 0.5) is 0 Å². The second-order valence-electron chi connectivity index (χ2n) is 6.16. The number of piperidine rings is 1. The Balaban J connectivity index is 1.53. The van der Waals surface area contributed by atoms with Crippen molar-refractivity contribution in [2.24, 2.45) is 13.0 Å². The van der Waals surface area contributed by atoms with Crippen molar-refractivity contribution in [2.75, 3.05) is 13.1 Å². The van der Waals surface area contributed by atoms with Crippen LogP contribution in [0.1, 0.15) is 37.3 Å². The number of rotatable bonds is 5. The largest absolute Gasteiger partial charge is 0.385 e. The van der Waals surface area contributed by atoms with Gasteiger partial charge in [-0.05, 0) is 38.8 Å². The maximum absolute atomic E-state index is 10.5. The smallest absolute Gasteiger partial charge is 0.137 e. The lowest BCUT2D eigenvalue weighted by molar-refractivity contribution is 0.0492. The molecule has 1 aliphatic heterocycles. The van der Waals surface area contributed by atoms with E-state index in [1.54, 1.807) is 6.20 Å². The highest BCUT2D eigenvalue weighted by molar-refractivity contribution is 5.04. The number of hydrogen-bond acceptors (Lipinski definition) is 4. The zero-order chi connectivity index (χ0) is 15.5. The van der Waals surface area contributed by atoms with E-state index in [-0.39, 0.29) is 0 Å². The van der Waals surface area contributed by atoms with Gasteiger partial charge in [-0.2, -0.15) is 5.10 Å². The van der Waals surface area contributed by atoms with Crippen LogP contribution in [0, 0.1) is 5.92 Å². The van der Waals surface area contributed by atoms with Crippen molar-refractivity contribution < 1.29 is 5.11 Å². The zero-order valence-electron chi connectivity index (χ0n) is 13.4. The molecule has 3 heterocycles. The first kappa shape index (κ1) is 15.2. The van der Waals surface area contributed by atoms with Crippen LogP contribution in [0.3, 0.4) is 0 Å². The summed E-state index contributed by atoms with van der Waals surface area (Å²) in [5, 5.41) is 14.8. The van der Waals surface area contributed by atoms with Gasteiger partial charge in [0.05, 0.1) is 6.20 Å². The molecule has 22 heavy (non-hydrogen) atoms. The summed E-state index contributed by atoms with van der Waals surface area (Å²) in [6.45, 7) is 6.00. The Labute approximate surface area is 131 Å². The molecule has 0 aromatic carbocycles. The highest BCUT2D eigenvalue weighted by Crippen LogP contribution is 2.30. The van der Waals surface area contributed by atoms with E-state index < -0.39 is 6.10 Å². The predicted molar refractivity (Wildman–Crippen MR) is 84.1 cm³/mol. The van der Waals surface area contributed by atoms with Crippen LogP contribution in [0.2, 0.25) is 0 Å². The summed E-state index contributed by atoms with van der Waals surface area (Å²) >= 11 is 0. The quantitative estimate of drug-likeness (QED) is 0.911. The number of imidazole rings is 1. The highest BCUT2D eigenvalue weighted by Gasteiger charge is 2.28. The standard InChI is InChI=1S/C16H25N5O/c1-3-21-12-13(10-18-21)11-20-7-4-14(5-8-20)15(22)16-17-6-9-19(16)2/h6,9-10,12,14-15,22H,3-5,7-8,11H2,1-2H3. The van der Waals surface area contributed by atoms with Crippen LogP contribution in [0.5, 0.6) is 0 Å². The molecule has 0 spiro atoms. The molecule has 0 amide bonds. The molecule has 0 bridgehead atoms. The van der Waals surface area contributed by atoms with Gasteiger partial charge >= 0.3 is 0 Å². The Bertz CT molecular complexity index is 597. The fourth-order valence-corrected chi connectivity index (χ4v) is 3.22. The summed E-state index contributed by atoms with van der Waals surface area (Å²) in [4.78, 5) is 6.72. The van der Waals surface area contributed by atoms with Crippen molar-refractivity contribution in [3.63, 3.8) is 0 Å². The van der Waals surface area contributed by atoms with Gasteiger partial charge in [0.2, 0.25) is 0 Å². The van der Waals surface area contributed by atoms with Crippen LogP contribution in [-0.4, -0.2) is 42.4 Å². The van der Waals surface area contributed by atoms with E-state index >= 15 is 0 Å². The average molecular weight is 303 g/mol. The second kappa shape index (κ2) is 6.62. The summed E-state index contributed by atoms with van der Waals surface area (Å²) in [6.07, 6.45) is 9.28. The van der Waals surface area contributed by atoms with Crippen LogP contribution in [-0.2, 0) is 20.1 Å². The molecule has 0 saturated carbocycles. The molecule has 2 aromatic heterocycles. The van der Waals surface area contributed by atoms with Crippen molar-refractivity contribution in [2.45, 2.75) is 39.0 Å². The highest BCUT2D eigenvalue weighted by atomic mass is 16.3. The van der Waals surface area contributed by atoms with Crippen LogP contribution < -0.4 is 0 Å². The molecule has 0 radical (unpaired) electrons. The number of aromatic nitrogens is 4. The first-order chi connectivity index (χ1) is 10.7. The zero-order valence-corrected chi connectivity index (χ0v) is 13.4. The fourth-order valence-electron chi connectivity index (χ4n) is 3.22. The van der Waals surface area contributed by atoms with Gasteiger partial charge in [0.1, 0.15) is 11.9 Å². The third kappa shape index (κ3) is 3.23. The molecule has 1 N–H and O–H groups in total. The fraction of sp³-hybridized carbons (Fsp3) is 0.625. The predicted octanol–water partition coefficient (Wildman–Crippen LogP) is 1.58. The summed E-state index contributed by atoms with van der Waals surface area (Å²) in [7, 11) is 1.94. The molecular formula is C16H25N5O. The molecule has 1 atom stereocenters. The maximum Gasteiger partial charge on any atom is 0.137 e. The molecule has 0 aliphatic carbocycles. The summed E-state index contributed by atoms with van der Waals surface area (Å²) < 4.78 is 3.88. The molecule has 1 saturated heterocycles. The molecule has 6 heteroatoms. The Hall–Kier alpha value is -1.66. The first-order valence-electron chi connectivity index (χ1n) is 8.06. The SMILES string of the molecule is CCn1cc(CN2CCC(C(O)c3nccn3C)CC2)cn1. The van der Waals surface area contributed by atoms with Crippen LogP contribution in [0.15, 0.2) is 24.8 Å². The molecular weight excluding hydrogens is 278 g/mol. The van der Waals surface area contributed by atoms with Crippen LogP contribution in [0.25, 0.3) is 0 Å². The minimum absolute atomic E-state index is 0.302. The molecule has 1 fully saturated rings. The van der Waals surface area contributed by atoms with Crippen molar-refractivity contribution in [1.82, 2.24) is 24.2 Å². The van der Waals surface area contributed by atoms with Gasteiger partial charge < -0.3 is 9.67 Å². The average Bonchev–Trinajstić information content (AvgIpc) is 3.16. The van der Waals surface area contributed by atoms with Gasteiger partial charge in [-0.1, -0.05) is 0 Å². The first-order valence-corrected chi connectivity index (χ1v) is 8.06. The lowest BCUT2D eigenvalue weighted by Gasteiger charge is -2.33. The Morgan fingerprint density at radius 1 is 1.36 bits per heavy atom. The van der Waals surface area contributed by atoms with Gasteiger partial charge in [0.25, 0.3) is 0 Å². The van der Waals surface area contributed by atoms with Crippen molar-refractivity contribution in [3.05, 3.63) is 36.2 Å². The van der Waals surface area contributed by atoms with Gasteiger partial charge in [0, 0.05) is 44.3 Å². The topological polar surface area (TPSA) is 59.1 Å². The number of likely N-dealkylation sites (tertiary alicyclic amines) is 1. The lowest BCUT2D eigenvalue weighted by Crippen LogP contribution is -2.35. The van der Waals surface area contributed by atoms with E-state index in [0.29, 0.717) is 5.92 Å².